The first-order valence-electron chi connectivity index (χ1n) is 5.06. The summed E-state index contributed by atoms with van der Waals surface area (Å²) in [5.41, 5.74) is 7.72. The molecule has 0 aliphatic carbocycles. The number of nitrogen functional groups attached to an aromatic ring is 1. The van der Waals surface area contributed by atoms with E-state index in [1.165, 1.54) is 0 Å². The minimum atomic E-state index is -0.324. The molecule has 94 valence electrons. The van der Waals surface area contributed by atoms with Crippen LogP contribution < -0.4 is 11.1 Å². The third kappa shape index (κ3) is 2.66. The van der Waals surface area contributed by atoms with E-state index in [0.717, 1.165) is 8.04 Å². The normalized spacial score (nSPS) is 10.4. The Morgan fingerprint density at radius 3 is 2.83 bits per heavy atom. The molecule has 1 amide bonds. The second kappa shape index (κ2) is 5.27. The maximum atomic E-state index is 12.0. The molecule has 5 nitrogen and oxygen atoms in total. The van der Waals surface area contributed by atoms with Gasteiger partial charge in [-0.3, -0.25) is 9.89 Å². The second-order valence-electron chi connectivity index (χ2n) is 3.69. The summed E-state index contributed by atoms with van der Waals surface area (Å²) in [6, 6.07) is 5.54. The van der Waals surface area contributed by atoms with Crippen LogP contribution in [0, 0.1) is 10.5 Å². The lowest BCUT2D eigenvalue weighted by molar-refractivity contribution is 0.102. The maximum Gasteiger partial charge on any atom is 0.278 e. The van der Waals surface area contributed by atoms with Gasteiger partial charge in [0.15, 0.2) is 5.69 Å². The number of carbonyl (C=O) groups excluding carboxylic acids is 1. The summed E-state index contributed by atoms with van der Waals surface area (Å²) in [7, 11) is 0. The number of halogens is 2. The first-order chi connectivity index (χ1) is 8.49. The fraction of sp³-hybridized carbons (Fsp3) is 0.0909. The highest BCUT2D eigenvalue weighted by atomic mass is 127. The molecule has 18 heavy (non-hydrogen) atoms. The molecular weight excluding hydrogens is 411 g/mol. The van der Waals surface area contributed by atoms with Gasteiger partial charge in [0.25, 0.3) is 5.91 Å². The van der Waals surface area contributed by atoms with Gasteiger partial charge in [0.05, 0.1) is 11.4 Å². The fourth-order valence-electron chi connectivity index (χ4n) is 1.38. The van der Waals surface area contributed by atoms with Crippen LogP contribution in [0.15, 0.2) is 22.7 Å². The van der Waals surface area contributed by atoms with Crippen LogP contribution in [0.25, 0.3) is 0 Å². The predicted octanol–water partition coefficient (Wildman–Crippen LogP) is 2.92. The summed E-state index contributed by atoms with van der Waals surface area (Å²) >= 11 is 5.58. The second-order valence-corrected chi connectivity index (χ2v) is 5.71. The predicted molar refractivity (Wildman–Crippen MR) is 82.5 cm³/mol. The zero-order chi connectivity index (χ0) is 13.3. The van der Waals surface area contributed by atoms with Crippen molar-refractivity contribution >= 4 is 55.8 Å². The molecule has 0 fully saturated rings. The summed E-state index contributed by atoms with van der Waals surface area (Å²) in [6.45, 7) is 1.77. The molecule has 1 heterocycles. The average molecular weight is 421 g/mol. The Morgan fingerprint density at radius 2 is 2.28 bits per heavy atom. The van der Waals surface area contributed by atoms with Crippen LogP contribution >= 0.6 is 38.5 Å². The number of aromatic nitrogens is 2. The van der Waals surface area contributed by atoms with Crippen molar-refractivity contribution in [3.63, 3.8) is 0 Å². The smallest absolute Gasteiger partial charge is 0.278 e. The van der Waals surface area contributed by atoms with Crippen molar-refractivity contribution in [2.24, 2.45) is 0 Å². The Labute approximate surface area is 126 Å². The monoisotopic (exact) mass is 420 g/mol. The molecule has 0 atom stereocenters. The summed E-state index contributed by atoms with van der Waals surface area (Å²) in [5, 5.41) is 9.31. The van der Waals surface area contributed by atoms with E-state index in [4.69, 9.17) is 5.73 Å². The van der Waals surface area contributed by atoms with Crippen molar-refractivity contribution in [3.8, 4) is 0 Å². The Kier molecular flexibility index (Phi) is 3.91. The number of aryl methyl sites for hydroxylation is 1. The molecule has 0 bridgehead atoms. The maximum absolute atomic E-state index is 12.0. The Bertz CT molecular complexity index is 611. The molecule has 0 saturated heterocycles. The van der Waals surface area contributed by atoms with Crippen LogP contribution in [-0.4, -0.2) is 16.1 Å². The number of carbonyl (C=O) groups is 1. The number of hydrogen-bond donors (Lipinski definition) is 3. The SMILES string of the molecule is Cc1[nH]nc(C(=O)Nc2ccc(Br)c(I)c2)c1N. The van der Waals surface area contributed by atoms with E-state index in [0.29, 0.717) is 17.1 Å². The van der Waals surface area contributed by atoms with Gasteiger partial charge in [-0.25, -0.2) is 0 Å². The molecule has 1 aromatic heterocycles. The molecule has 0 aliphatic rings. The summed E-state index contributed by atoms with van der Waals surface area (Å²) < 4.78 is 1.99. The van der Waals surface area contributed by atoms with Gasteiger partial charge >= 0.3 is 0 Å². The molecule has 2 rings (SSSR count). The number of anilines is 2. The molecule has 4 N–H and O–H groups in total. The number of nitrogens with two attached hydrogens (primary N) is 1. The van der Waals surface area contributed by atoms with Crippen molar-refractivity contribution in [3.05, 3.63) is 37.6 Å². The van der Waals surface area contributed by atoms with E-state index in [-0.39, 0.29) is 11.6 Å². The minimum Gasteiger partial charge on any atom is -0.395 e. The lowest BCUT2D eigenvalue weighted by Crippen LogP contribution is -2.14. The molecule has 1 aromatic carbocycles. The van der Waals surface area contributed by atoms with E-state index in [1.807, 2.05) is 12.1 Å². The average Bonchev–Trinajstić information content (AvgIpc) is 2.65. The molecule has 2 aromatic rings. The van der Waals surface area contributed by atoms with E-state index in [1.54, 1.807) is 13.0 Å². The molecular formula is C11H10BrIN4O. The number of amides is 1. The first-order valence-corrected chi connectivity index (χ1v) is 6.93. The first kappa shape index (κ1) is 13.3. The van der Waals surface area contributed by atoms with E-state index < -0.39 is 0 Å². The van der Waals surface area contributed by atoms with Gasteiger partial charge in [0.1, 0.15) is 0 Å². The number of nitrogens with zero attached hydrogens (tertiary/aromatic N) is 1. The van der Waals surface area contributed by atoms with Crippen LogP contribution in [0.5, 0.6) is 0 Å². The largest absolute Gasteiger partial charge is 0.395 e. The number of aromatic amines is 1. The van der Waals surface area contributed by atoms with Gasteiger partial charge in [0, 0.05) is 13.7 Å². The standard InChI is InChI=1S/C11H10BrIN4O/c1-5-9(14)10(17-16-5)11(18)15-6-2-3-7(12)8(13)4-6/h2-4H,14H2,1H3,(H,15,18)(H,16,17). The van der Waals surface area contributed by atoms with Gasteiger partial charge in [-0.15, -0.1) is 0 Å². The molecule has 0 aliphatic heterocycles. The Balaban J connectivity index is 2.21. The van der Waals surface area contributed by atoms with Gasteiger partial charge in [0.2, 0.25) is 0 Å². The topological polar surface area (TPSA) is 83.8 Å². The zero-order valence-corrected chi connectivity index (χ0v) is 13.2. The van der Waals surface area contributed by atoms with Gasteiger partial charge in [-0.2, -0.15) is 5.10 Å². The third-order valence-corrected chi connectivity index (χ3v) is 4.71. The molecule has 7 heteroatoms. The fourth-order valence-corrected chi connectivity index (χ4v) is 2.14. The van der Waals surface area contributed by atoms with Crippen LogP contribution in [-0.2, 0) is 0 Å². The zero-order valence-electron chi connectivity index (χ0n) is 9.42. The number of hydrogen-bond acceptors (Lipinski definition) is 3. The van der Waals surface area contributed by atoms with Crippen molar-refractivity contribution in [1.29, 1.82) is 0 Å². The van der Waals surface area contributed by atoms with E-state index in [9.17, 15) is 4.79 Å². The van der Waals surface area contributed by atoms with Crippen LogP contribution in [0.1, 0.15) is 16.2 Å². The molecule has 0 spiro atoms. The van der Waals surface area contributed by atoms with E-state index in [2.05, 4.69) is 54.0 Å². The highest BCUT2D eigenvalue weighted by Gasteiger charge is 2.15. The summed E-state index contributed by atoms with van der Waals surface area (Å²) in [5.74, 6) is -0.324. The van der Waals surface area contributed by atoms with Crippen molar-refractivity contribution in [2.45, 2.75) is 6.92 Å². The highest BCUT2D eigenvalue weighted by molar-refractivity contribution is 14.1. The number of benzene rings is 1. The quantitative estimate of drug-likeness (QED) is 0.653. The van der Waals surface area contributed by atoms with Crippen LogP contribution in [0.2, 0.25) is 0 Å². The third-order valence-electron chi connectivity index (χ3n) is 2.39. The van der Waals surface area contributed by atoms with E-state index >= 15 is 0 Å². The highest BCUT2D eigenvalue weighted by Crippen LogP contribution is 2.23. The number of rotatable bonds is 2. The van der Waals surface area contributed by atoms with Crippen molar-refractivity contribution in [2.75, 3.05) is 11.1 Å². The van der Waals surface area contributed by atoms with Gasteiger partial charge in [-0.05, 0) is 63.6 Å². The van der Waals surface area contributed by atoms with Gasteiger partial charge < -0.3 is 11.1 Å². The number of H-pyrrole nitrogens is 1. The summed E-state index contributed by atoms with van der Waals surface area (Å²) in [6.07, 6.45) is 0. The lowest BCUT2D eigenvalue weighted by atomic mass is 10.2. The van der Waals surface area contributed by atoms with Crippen molar-refractivity contribution < 1.29 is 4.79 Å². The molecule has 0 unspecified atom stereocenters. The molecule has 0 saturated carbocycles. The Hall–Kier alpha value is -1.09. The van der Waals surface area contributed by atoms with Crippen LogP contribution in [0.4, 0.5) is 11.4 Å². The lowest BCUT2D eigenvalue weighted by Gasteiger charge is -2.05. The Morgan fingerprint density at radius 1 is 1.56 bits per heavy atom. The van der Waals surface area contributed by atoms with Crippen LogP contribution in [0.3, 0.4) is 0 Å². The van der Waals surface area contributed by atoms with Crippen molar-refractivity contribution in [1.82, 2.24) is 10.2 Å². The van der Waals surface area contributed by atoms with Gasteiger partial charge in [-0.1, -0.05) is 0 Å². The summed E-state index contributed by atoms with van der Waals surface area (Å²) in [4.78, 5) is 12.0. The molecule has 0 radical (unpaired) electrons. The number of nitrogens with one attached hydrogen (secondary N) is 2. The minimum absolute atomic E-state index is 0.213.